The fourth-order valence-corrected chi connectivity index (χ4v) is 1.99. The Morgan fingerprint density at radius 3 is 3.06 bits per heavy atom. The fraction of sp³-hybridized carbons (Fsp3) is 0.333. The number of nitrogens with zero attached hydrogens (tertiary/aromatic N) is 6. The third-order valence-corrected chi connectivity index (χ3v) is 3.05. The summed E-state index contributed by atoms with van der Waals surface area (Å²) in [6, 6.07) is 0. The molecule has 3 rings (SSSR count). The average molecular weight is 252 g/mol. The molecule has 0 spiro atoms. The number of halogens is 1. The molecule has 0 unspecified atom stereocenters. The molecular formula is C9H10ClN7. The highest BCUT2D eigenvalue weighted by Crippen LogP contribution is 2.27. The second kappa shape index (κ2) is 3.85. The summed E-state index contributed by atoms with van der Waals surface area (Å²) in [6.45, 7) is 2.23. The Kier molecular flexibility index (Phi) is 2.32. The van der Waals surface area contributed by atoms with E-state index in [4.69, 9.17) is 17.3 Å². The molecule has 0 radical (unpaired) electrons. The van der Waals surface area contributed by atoms with E-state index in [0.29, 0.717) is 18.1 Å². The first-order valence-electron chi connectivity index (χ1n) is 5.13. The van der Waals surface area contributed by atoms with Gasteiger partial charge in [0.25, 0.3) is 0 Å². The van der Waals surface area contributed by atoms with E-state index in [-0.39, 0.29) is 5.15 Å². The van der Waals surface area contributed by atoms with Gasteiger partial charge in [0.1, 0.15) is 18.3 Å². The predicted octanol–water partition coefficient (Wildman–Crippen LogP) is 0.324. The van der Waals surface area contributed by atoms with E-state index in [0.717, 1.165) is 18.9 Å². The number of nitrogen functional groups attached to an aromatic ring is 1. The fourth-order valence-electron chi connectivity index (χ4n) is 1.86. The molecule has 3 heterocycles. The Balaban J connectivity index is 1.94. The number of anilines is 2. The summed E-state index contributed by atoms with van der Waals surface area (Å²) in [5.74, 6) is 1.55. The number of nitrogens with two attached hydrogens (primary N) is 1. The normalized spacial score (nSPS) is 14.8. The molecule has 0 saturated heterocycles. The van der Waals surface area contributed by atoms with Crippen LogP contribution >= 0.6 is 11.6 Å². The first kappa shape index (κ1) is 10.3. The minimum absolute atomic E-state index is 0.280. The predicted molar refractivity (Wildman–Crippen MR) is 62.5 cm³/mol. The molecule has 2 N–H and O–H groups in total. The van der Waals surface area contributed by atoms with Crippen molar-refractivity contribution < 1.29 is 0 Å². The van der Waals surface area contributed by atoms with Gasteiger partial charge in [-0.2, -0.15) is 0 Å². The minimum Gasteiger partial charge on any atom is -0.393 e. The standard InChI is InChI=1S/C9H10ClN7/c10-8-7(11)9(13-4-12-8)16-1-2-17-5-14-15-6(17)3-16/h4-5H,1-3,11H2. The van der Waals surface area contributed by atoms with Crippen LogP contribution in [0.1, 0.15) is 5.82 Å². The van der Waals surface area contributed by atoms with E-state index in [1.54, 1.807) is 6.33 Å². The Bertz CT molecular complexity index is 552. The number of aromatic nitrogens is 5. The minimum atomic E-state index is 0.280. The maximum atomic E-state index is 5.88. The van der Waals surface area contributed by atoms with Gasteiger partial charge in [-0.25, -0.2) is 9.97 Å². The highest BCUT2D eigenvalue weighted by molar-refractivity contribution is 6.32. The summed E-state index contributed by atoms with van der Waals surface area (Å²) in [4.78, 5) is 10.0. The molecular weight excluding hydrogens is 242 g/mol. The van der Waals surface area contributed by atoms with Crippen molar-refractivity contribution in [1.29, 1.82) is 0 Å². The molecule has 0 saturated carbocycles. The molecule has 1 aliphatic rings. The number of fused-ring (bicyclic) bond motifs is 1. The van der Waals surface area contributed by atoms with Crippen molar-refractivity contribution >= 4 is 23.1 Å². The second-order valence-electron chi connectivity index (χ2n) is 3.76. The highest BCUT2D eigenvalue weighted by atomic mass is 35.5. The van der Waals surface area contributed by atoms with Crippen molar-refractivity contribution in [1.82, 2.24) is 24.7 Å². The van der Waals surface area contributed by atoms with Crippen LogP contribution in [-0.4, -0.2) is 31.3 Å². The molecule has 7 nitrogen and oxygen atoms in total. The van der Waals surface area contributed by atoms with Crippen molar-refractivity contribution in [2.75, 3.05) is 17.2 Å². The van der Waals surface area contributed by atoms with E-state index in [1.807, 2.05) is 9.47 Å². The number of rotatable bonds is 1. The lowest BCUT2D eigenvalue weighted by Crippen LogP contribution is -2.34. The monoisotopic (exact) mass is 251 g/mol. The Morgan fingerprint density at radius 1 is 1.29 bits per heavy atom. The molecule has 0 aliphatic carbocycles. The van der Waals surface area contributed by atoms with Crippen molar-refractivity contribution in [3.05, 3.63) is 23.6 Å². The van der Waals surface area contributed by atoms with Crippen LogP contribution < -0.4 is 10.6 Å². The molecule has 88 valence electrons. The quantitative estimate of drug-likeness (QED) is 0.735. The highest BCUT2D eigenvalue weighted by Gasteiger charge is 2.21. The zero-order valence-corrected chi connectivity index (χ0v) is 9.67. The Labute approximate surface area is 102 Å². The van der Waals surface area contributed by atoms with Gasteiger partial charge in [0.2, 0.25) is 0 Å². The summed E-state index contributed by atoms with van der Waals surface area (Å²) in [5.41, 5.74) is 6.27. The van der Waals surface area contributed by atoms with Crippen LogP contribution in [0.5, 0.6) is 0 Å². The van der Waals surface area contributed by atoms with Gasteiger partial charge in [0, 0.05) is 13.1 Å². The molecule has 1 aliphatic heterocycles. The van der Waals surface area contributed by atoms with Crippen molar-refractivity contribution in [3.63, 3.8) is 0 Å². The van der Waals surface area contributed by atoms with Crippen LogP contribution in [-0.2, 0) is 13.1 Å². The van der Waals surface area contributed by atoms with Gasteiger partial charge < -0.3 is 15.2 Å². The maximum Gasteiger partial charge on any atom is 0.157 e. The Morgan fingerprint density at radius 2 is 2.18 bits per heavy atom. The summed E-state index contributed by atoms with van der Waals surface area (Å²) >= 11 is 5.88. The van der Waals surface area contributed by atoms with Crippen LogP contribution in [0.15, 0.2) is 12.7 Å². The molecule has 0 bridgehead atoms. The van der Waals surface area contributed by atoms with Gasteiger partial charge in [0.05, 0.1) is 6.54 Å². The first-order valence-corrected chi connectivity index (χ1v) is 5.51. The summed E-state index contributed by atoms with van der Waals surface area (Å²) in [7, 11) is 0. The topological polar surface area (TPSA) is 85.8 Å². The van der Waals surface area contributed by atoms with E-state index in [1.165, 1.54) is 6.33 Å². The maximum absolute atomic E-state index is 5.88. The molecule has 8 heteroatoms. The van der Waals surface area contributed by atoms with Gasteiger partial charge >= 0.3 is 0 Å². The van der Waals surface area contributed by atoms with Crippen LogP contribution in [0.4, 0.5) is 11.5 Å². The Hall–Kier alpha value is -1.89. The molecule has 0 fully saturated rings. The van der Waals surface area contributed by atoms with Crippen LogP contribution in [0.2, 0.25) is 5.15 Å². The van der Waals surface area contributed by atoms with E-state index in [2.05, 4.69) is 20.2 Å². The number of hydrogen-bond donors (Lipinski definition) is 1. The average Bonchev–Trinajstić information content (AvgIpc) is 2.79. The van der Waals surface area contributed by atoms with Crippen molar-refractivity contribution in [2.24, 2.45) is 0 Å². The van der Waals surface area contributed by atoms with Crippen molar-refractivity contribution in [3.8, 4) is 0 Å². The van der Waals surface area contributed by atoms with Gasteiger partial charge in [0.15, 0.2) is 16.8 Å². The second-order valence-corrected chi connectivity index (χ2v) is 4.12. The lowest BCUT2D eigenvalue weighted by Gasteiger charge is -2.28. The van der Waals surface area contributed by atoms with Crippen molar-refractivity contribution in [2.45, 2.75) is 13.1 Å². The van der Waals surface area contributed by atoms with Crippen LogP contribution in [0.25, 0.3) is 0 Å². The molecule has 2 aromatic heterocycles. The zero-order chi connectivity index (χ0) is 11.8. The lowest BCUT2D eigenvalue weighted by atomic mass is 10.3. The largest absolute Gasteiger partial charge is 0.393 e. The van der Waals surface area contributed by atoms with Crippen LogP contribution in [0, 0.1) is 0 Å². The van der Waals surface area contributed by atoms with Gasteiger partial charge in [-0.05, 0) is 0 Å². The summed E-state index contributed by atoms with van der Waals surface area (Å²) in [6.07, 6.45) is 3.14. The van der Waals surface area contributed by atoms with Gasteiger partial charge in [-0.3, -0.25) is 0 Å². The molecule has 0 amide bonds. The summed E-state index contributed by atoms with van der Waals surface area (Å²) in [5, 5.41) is 8.19. The van der Waals surface area contributed by atoms with E-state index < -0.39 is 0 Å². The zero-order valence-electron chi connectivity index (χ0n) is 8.91. The SMILES string of the molecule is Nc1c(Cl)ncnc1N1CCn2cnnc2C1. The van der Waals surface area contributed by atoms with E-state index >= 15 is 0 Å². The van der Waals surface area contributed by atoms with Crippen LogP contribution in [0.3, 0.4) is 0 Å². The third kappa shape index (κ3) is 1.68. The lowest BCUT2D eigenvalue weighted by molar-refractivity contribution is 0.556. The summed E-state index contributed by atoms with van der Waals surface area (Å²) < 4.78 is 2.01. The first-order chi connectivity index (χ1) is 8.25. The van der Waals surface area contributed by atoms with E-state index in [9.17, 15) is 0 Å². The molecule has 0 atom stereocenters. The number of hydrogen-bond acceptors (Lipinski definition) is 6. The molecule has 0 aromatic carbocycles. The molecule has 2 aromatic rings. The third-order valence-electron chi connectivity index (χ3n) is 2.75. The van der Waals surface area contributed by atoms with Gasteiger partial charge in [-0.15, -0.1) is 10.2 Å². The smallest absolute Gasteiger partial charge is 0.157 e. The molecule has 17 heavy (non-hydrogen) atoms. The van der Waals surface area contributed by atoms with Gasteiger partial charge in [-0.1, -0.05) is 11.6 Å².